The van der Waals surface area contributed by atoms with Gasteiger partial charge in [0.05, 0.1) is 18.6 Å². The van der Waals surface area contributed by atoms with Gasteiger partial charge in [-0.3, -0.25) is 14.4 Å². The number of hydrogen-bond acceptors (Lipinski definition) is 5. The quantitative estimate of drug-likeness (QED) is 0.792. The summed E-state index contributed by atoms with van der Waals surface area (Å²) in [6, 6.07) is 9.83. The minimum absolute atomic E-state index is 0.0740. The first-order valence-corrected chi connectivity index (χ1v) is 9.21. The predicted molar refractivity (Wildman–Crippen MR) is 92.4 cm³/mol. The van der Waals surface area contributed by atoms with Crippen molar-refractivity contribution in [3.63, 3.8) is 0 Å². The van der Waals surface area contributed by atoms with Gasteiger partial charge in [0.15, 0.2) is 0 Å². The van der Waals surface area contributed by atoms with Crippen LogP contribution in [0.2, 0.25) is 0 Å². The second kappa shape index (κ2) is 7.50. The molecule has 0 bridgehead atoms. The molecule has 7 nitrogen and oxygen atoms in total. The van der Waals surface area contributed by atoms with E-state index in [2.05, 4.69) is 10.0 Å². The Labute approximate surface area is 141 Å². The van der Waals surface area contributed by atoms with Gasteiger partial charge in [-0.2, -0.15) is 0 Å². The highest BCUT2D eigenvalue weighted by atomic mass is 32.2. The Morgan fingerprint density at radius 3 is 2.38 bits per heavy atom. The zero-order chi connectivity index (χ0) is 17.7. The first-order valence-electron chi connectivity index (χ1n) is 7.32. The fourth-order valence-electron chi connectivity index (χ4n) is 2.21. The lowest BCUT2D eigenvalue weighted by Gasteiger charge is -2.22. The SMILES string of the molecule is CN(C)C(CNC(=O)c1ccc(NS(C)(=O)=O)cc1)c1ccco1. The van der Waals surface area contributed by atoms with E-state index in [0.29, 0.717) is 17.8 Å². The van der Waals surface area contributed by atoms with Crippen molar-refractivity contribution in [3.8, 4) is 0 Å². The molecule has 2 N–H and O–H groups in total. The van der Waals surface area contributed by atoms with E-state index in [1.165, 1.54) is 0 Å². The van der Waals surface area contributed by atoms with Crippen LogP contribution in [0.25, 0.3) is 0 Å². The van der Waals surface area contributed by atoms with E-state index in [4.69, 9.17) is 4.42 Å². The third-order valence-corrected chi connectivity index (χ3v) is 4.01. The molecule has 0 aliphatic rings. The maximum Gasteiger partial charge on any atom is 0.251 e. The molecule has 0 fully saturated rings. The van der Waals surface area contributed by atoms with Gasteiger partial charge in [0.1, 0.15) is 5.76 Å². The monoisotopic (exact) mass is 351 g/mol. The van der Waals surface area contributed by atoms with Crippen molar-refractivity contribution >= 4 is 21.6 Å². The van der Waals surface area contributed by atoms with Crippen molar-refractivity contribution in [1.29, 1.82) is 0 Å². The number of nitrogens with zero attached hydrogens (tertiary/aromatic N) is 1. The van der Waals surface area contributed by atoms with Gasteiger partial charge in [0.25, 0.3) is 5.91 Å². The zero-order valence-electron chi connectivity index (χ0n) is 13.8. The van der Waals surface area contributed by atoms with Gasteiger partial charge in [-0.15, -0.1) is 0 Å². The van der Waals surface area contributed by atoms with Gasteiger partial charge in [-0.05, 0) is 50.5 Å². The third kappa shape index (κ3) is 5.10. The van der Waals surface area contributed by atoms with Crippen molar-refractivity contribution < 1.29 is 17.6 Å². The van der Waals surface area contributed by atoms with Crippen LogP contribution >= 0.6 is 0 Å². The number of nitrogens with one attached hydrogen (secondary N) is 2. The first kappa shape index (κ1) is 18.0. The molecular formula is C16H21N3O4S. The van der Waals surface area contributed by atoms with Crippen LogP contribution in [0.5, 0.6) is 0 Å². The van der Waals surface area contributed by atoms with E-state index in [-0.39, 0.29) is 11.9 Å². The maximum atomic E-state index is 12.2. The molecule has 1 heterocycles. The van der Waals surface area contributed by atoms with Crippen LogP contribution < -0.4 is 10.0 Å². The van der Waals surface area contributed by atoms with Crippen LogP contribution in [-0.2, 0) is 10.0 Å². The summed E-state index contributed by atoms with van der Waals surface area (Å²) in [5, 5.41) is 2.86. The van der Waals surface area contributed by atoms with Gasteiger partial charge in [0.2, 0.25) is 10.0 Å². The second-order valence-corrected chi connectivity index (χ2v) is 7.40. The van der Waals surface area contributed by atoms with Crippen molar-refractivity contribution in [2.75, 3.05) is 31.6 Å². The summed E-state index contributed by atoms with van der Waals surface area (Å²) >= 11 is 0. The standard InChI is InChI=1S/C16H21N3O4S/c1-19(2)14(15-5-4-10-23-15)11-17-16(20)12-6-8-13(9-7-12)18-24(3,21)22/h4-10,14,18H,11H2,1-3H3,(H,17,20). The van der Waals surface area contributed by atoms with E-state index in [1.807, 2.05) is 25.1 Å². The Morgan fingerprint density at radius 2 is 1.88 bits per heavy atom. The van der Waals surface area contributed by atoms with Crippen LogP contribution in [0.3, 0.4) is 0 Å². The lowest BCUT2D eigenvalue weighted by molar-refractivity contribution is 0.0939. The Morgan fingerprint density at radius 1 is 1.21 bits per heavy atom. The van der Waals surface area contributed by atoms with E-state index in [0.717, 1.165) is 12.0 Å². The molecule has 2 aromatic rings. The Balaban J connectivity index is 1.99. The molecule has 0 spiro atoms. The van der Waals surface area contributed by atoms with E-state index in [9.17, 15) is 13.2 Å². The third-order valence-electron chi connectivity index (χ3n) is 3.40. The van der Waals surface area contributed by atoms with E-state index < -0.39 is 10.0 Å². The molecule has 24 heavy (non-hydrogen) atoms. The Bertz CT molecular complexity index is 768. The van der Waals surface area contributed by atoms with Crippen LogP contribution in [0.1, 0.15) is 22.2 Å². The molecule has 1 aromatic carbocycles. The molecule has 1 aromatic heterocycles. The number of anilines is 1. The van der Waals surface area contributed by atoms with Crippen LogP contribution in [0.15, 0.2) is 47.1 Å². The molecule has 8 heteroatoms. The van der Waals surface area contributed by atoms with Gasteiger partial charge >= 0.3 is 0 Å². The van der Waals surface area contributed by atoms with Gasteiger partial charge in [-0.1, -0.05) is 0 Å². The smallest absolute Gasteiger partial charge is 0.251 e. The van der Waals surface area contributed by atoms with Crippen molar-refractivity contribution in [2.45, 2.75) is 6.04 Å². The highest BCUT2D eigenvalue weighted by Gasteiger charge is 2.18. The lowest BCUT2D eigenvalue weighted by atomic mass is 10.1. The molecule has 0 saturated heterocycles. The fourth-order valence-corrected chi connectivity index (χ4v) is 2.78. The Hall–Kier alpha value is -2.32. The molecule has 1 unspecified atom stereocenters. The molecule has 1 atom stereocenters. The molecule has 0 radical (unpaired) electrons. The van der Waals surface area contributed by atoms with Crippen molar-refractivity contribution in [1.82, 2.24) is 10.2 Å². The van der Waals surface area contributed by atoms with E-state index in [1.54, 1.807) is 36.6 Å². The molecular weight excluding hydrogens is 330 g/mol. The number of carbonyl (C=O) groups excluding carboxylic acids is 1. The molecule has 0 saturated carbocycles. The number of rotatable bonds is 7. The average molecular weight is 351 g/mol. The van der Waals surface area contributed by atoms with E-state index >= 15 is 0 Å². The van der Waals surface area contributed by atoms with Crippen LogP contribution in [0.4, 0.5) is 5.69 Å². The molecule has 0 aliphatic carbocycles. The van der Waals surface area contributed by atoms with Crippen LogP contribution in [-0.4, -0.2) is 46.1 Å². The summed E-state index contributed by atoms with van der Waals surface area (Å²) < 4.78 is 30.1. The van der Waals surface area contributed by atoms with Crippen molar-refractivity contribution in [3.05, 3.63) is 54.0 Å². The minimum atomic E-state index is -3.33. The summed E-state index contributed by atoms with van der Waals surface area (Å²) in [4.78, 5) is 14.2. The topological polar surface area (TPSA) is 91.7 Å². The first-order chi connectivity index (χ1) is 11.3. The number of carbonyl (C=O) groups is 1. The number of sulfonamides is 1. The summed E-state index contributed by atoms with van der Waals surface area (Å²) in [5.41, 5.74) is 0.863. The molecule has 130 valence electrons. The highest BCUT2D eigenvalue weighted by molar-refractivity contribution is 7.92. The number of amides is 1. The summed E-state index contributed by atoms with van der Waals surface area (Å²) in [5.74, 6) is 0.535. The minimum Gasteiger partial charge on any atom is -0.468 e. The van der Waals surface area contributed by atoms with Gasteiger partial charge in [0, 0.05) is 17.8 Å². The fraction of sp³-hybridized carbons (Fsp3) is 0.312. The number of hydrogen-bond donors (Lipinski definition) is 2. The molecule has 2 rings (SSSR count). The summed E-state index contributed by atoms with van der Waals surface area (Å²) in [6.07, 6.45) is 2.67. The summed E-state index contributed by atoms with van der Waals surface area (Å²) in [6.45, 7) is 0.392. The van der Waals surface area contributed by atoms with Gasteiger partial charge in [-0.25, -0.2) is 8.42 Å². The van der Waals surface area contributed by atoms with Crippen molar-refractivity contribution in [2.24, 2.45) is 0 Å². The normalized spacial score (nSPS) is 12.8. The number of benzene rings is 1. The largest absolute Gasteiger partial charge is 0.468 e. The highest BCUT2D eigenvalue weighted by Crippen LogP contribution is 2.18. The lowest BCUT2D eigenvalue weighted by Crippen LogP contribution is -2.34. The van der Waals surface area contributed by atoms with Gasteiger partial charge < -0.3 is 9.73 Å². The maximum absolute atomic E-state index is 12.2. The molecule has 0 aliphatic heterocycles. The number of furan rings is 1. The van der Waals surface area contributed by atoms with Crippen LogP contribution in [0, 0.1) is 0 Å². The Kier molecular flexibility index (Phi) is 5.63. The zero-order valence-corrected chi connectivity index (χ0v) is 14.6. The predicted octanol–water partition coefficient (Wildman–Crippen LogP) is 1.68. The second-order valence-electron chi connectivity index (χ2n) is 5.66. The molecule has 1 amide bonds. The average Bonchev–Trinajstić information content (AvgIpc) is 3.00. The summed E-state index contributed by atoms with van der Waals surface area (Å²) in [7, 11) is 0.483. The number of likely N-dealkylation sites (N-methyl/N-ethyl adjacent to an activating group) is 1.